The van der Waals surface area contributed by atoms with Crippen molar-refractivity contribution in [2.75, 3.05) is 0 Å². The molecule has 2 aromatic rings. The van der Waals surface area contributed by atoms with E-state index in [1.165, 1.54) is 12.3 Å². The van der Waals surface area contributed by atoms with Crippen LogP contribution in [0.25, 0.3) is 0 Å². The lowest BCUT2D eigenvalue weighted by Gasteiger charge is -2.16. The Morgan fingerprint density at radius 1 is 1.24 bits per heavy atom. The summed E-state index contributed by atoms with van der Waals surface area (Å²) in [7, 11) is 0. The first-order chi connectivity index (χ1) is 13.7. The van der Waals surface area contributed by atoms with Crippen LogP contribution in [-0.4, -0.2) is 33.9 Å². The molecular weight excluding hydrogens is 415 g/mol. The molecule has 2 heterocycles. The van der Waals surface area contributed by atoms with Gasteiger partial charge in [-0.05, 0) is 18.2 Å². The van der Waals surface area contributed by atoms with Crippen molar-refractivity contribution >= 4 is 29.9 Å². The highest BCUT2D eigenvalue weighted by molar-refractivity contribution is 6.30. The van der Waals surface area contributed by atoms with Gasteiger partial charge in [-0.1, -0.05) is 11.6 Å². The number of carbonyl (C=O) groups is 1. The van der Waals surface area contributed by atoms with Gasteiger partial charge in [-0.25, -0.2) is 9.98 Å². The fourth-order valence-corrected chi connectivity index (χ4v) is 2.63. The Kier molecular flexibility index (Phi) is 5.47. The Morgan fingerprint density at radius 2 is 2.00 bits per heavy atom. The predicted molar refractivity (Wildman–Crippen MR) is 95.5 cm³/mol. The lowest BCUT2D eigenvalue weighted by Crippen LogP contribution is -2.33. The summed E-state index contributed by atoms with van der Waals surface area (Å²) >= 11 is 5.82. The van der Waals surface area contributed by atoms with Crippen LogP contribution in [0.2, 0.25) is 5.02 Å². The van der Waals surface area contributed by atoms with Gasteiger partial charge in [0.15, 0.2) is 5.69 Å². The van der Waals surface area contributed by atoms with Gasteiger partial charge in [-0.15, -0.1) is 0 Å². The van der Waals surface area contributed by atoms with Gasteiger partial charge in [0, 0.05) is 17.5 Å². The van der Waals surface area contributed by atoms with E-state index in [0.29, 0.717) is 6.33 Å². The number of halogens is 4. The molecule has 1 aromatic heterocycles. The number of rotatable bonds is 4. The van der Waals surface area contributed by atoms with Crippen LogP contribution in [-0.2, 0) is 17.5 Å². The first-order valence-corrected chi connectivity index (χ1v) is 8.21. The van der Waals surface area contributed by atoms with Gasteiger partial charge in [-0.3, -0.25) is 19.1 Å². The van der Waals surface area contributed by atoms with Gasteiger partial charge < -0.3 is 4.74 Å². The molecule has 8 nitrogen and oxygen atoms in total. The summed E-state index contributed by atoms with van der Waals surface area (Å²) in [5, 5.41) is 8.99. The second-order valence-electron chi connectivity index (χ2n) is 5.70. The van der Waals surface area contributed by atoms with Crippen molar-refractivity contribution in [3.8, 4) is 17.6 Å². The second kappa shape index (κ2) is 7.84. The van der Waals surface area contributed by atoms with Crippen molar-refractivity contribution in [1.29, 1.82) is 5.26 Å². The third kappa shape index (κ3) is 4.49. The Hall–Kier alpha value is -3.52. The van der Waals surface area contributed by atoms with E-state index < -0.39 is 35.1 Å². The summed E-state index contributed by atoms with van der Waals surface area (Å²) in [6.45, 7) is -0.383. The summed E-state index contributed by atoms with van der Waals surface area (Å²) in [5.41, 5.74) is -2.73. The summed E-state index contributed by atoms with van der Waals surface area (Å²) in [5.74, 6) is -2.04. The van der Waals surface area contributed by atoms with E-state index in [0.717, 1.165) is 22.9 Å². The number of aliphatic imine (C=N–C) groups is 2. The van der Waals surface area contributed by atoms with Crippen molar-refractivity contribution in [1.82, 2.24) is 9.55 Å². The molecule has 29 heavy (non-hydrogen) atoms. The molecule has 148 valence electrons. The third-order valence-electron chi connectivity index (χ3n) is 3.67. The lowest BCUT2D eigenvalue weighted by atomic mass is 10.2. The van der Waals surface area contributed by atoms with Crippen LogP contribution in [0.4, 0.5) is 13.2 Å². The zero-order valence-electron chi connectivity index (χ0n) is 14.2. The van der Waals surface area contributed by atoms with Crippen molar-refractivity contribution in [3.63, 3.8) is 0 Å². The molecule has 1 amide bonds. The van der Waals surface area contributed by atoms with E-state index in [9.17, 15) is 22.8 Å². The molecule has 0 saturated heterocycles. The normalized spacial score (nSPS) is 16.0. The molecule has 0 N–H and O–H groups in total. The summed E-state index contributed by atoms with van der Waals surface area (Å²) in [6, 6.07) is 4.22. The Balaban J connectivity index is 2.06. The number of carbonyl (C=O) groups excluding carboxylic acids is 1. The van der Waals surface area contributed by atoms with Crippen LogP contribution in [0.3, 0.4) is 0 Å². The largest absolute Gasteiger partial charge is 0.449 e. The number of alkyl halides is 3. The second-order valence-corrected chi connectivity index (χ2v) is 6.13. The first kappa shape index (κ1) is 20.2. The molecule has 1 unspecified atom stereocenters. The highest BCUT2D eigenvalue weighted by atomic mass is 35.5. The summed E-state index contributed by atoms with van der Waals surface area (Å²) < 4.78 is 45.9. The number of benzene rings is 1. The number of nitriles is 1. The number of nitrogens with zero attached hydrogens (tertiary/aromatic N) is 5. The maximum absolute atomic E-state index is 13.3. The Bertz CT molecular complexity index is 1130. The topological polar surface area (TPSA) is 110 Å². The van der Waals surface area contributed by atoms with E-state index in [4.69, 9.17) is 21.6 Å². The highest BCUT2D eigenvalue weighted by Gasteiger charge is 2.39. The molecule has 12 heteroatoms. The van der Waals surface area contributed by atoms with Crippen molar-refractivity contribution in [2.24, 2.45) is 9.98 Å². The quantitative estimate of drug-likeness (QED) is 0.750. The maximum Gasteiger partial charge on any atom is 0.437 e. The average molecular weight is 424 g/mol. The first-order valence-electron chi connectivity index (χ1n) is 7.84. The molecule has 1 atom stereocenters. The monoisotopic (exact) mass is 423 g/mol. The summed E-state index contributed by atoms with van der Waals surface area (Å²) in [6.07, 6.45) is -1.94. The maximum atomic E-state index is 13.3. The van der Waals surface area contributed by atoms with E-state index >= 15 is 0 Å². The molecule has 0 saturated carbocycles. The highest BCUT2D eigenvalue weighted by Crippen LogP contribution is 2.35. The molecule has 0 aliphatic carbocycles. The van der Waals surface area contributed by atoms with Crippen LogP contribution in [0, 0.1) is 11.3 Å². The van der Waals surface area contributed by atoms with Crippen molar-refractivity contribution < 1.29 is 22.7 Å². The van der Waals surface area contributed by atoms with Gasteiger partial charge in [0.25, 0.3) is 11.5 Å². The SMILES string of the molecule is N#Cc1cc(Cl)cc(Oc2c(C(F)(F)F)ncn(CC3N=CC=NC3=O)c2=O)c1. The van der Waals surface area contributed by atoms with Gasteiger partial charge >= 0.3 is 6.18 Å². The smallest absolute Gasteiger partial charge is 0.437 e. The number of ether oxygens (including phenoxy) is 1. The van der Waals surface area contributed by atoms with E-state index in [1.54, 1.807) is 6.07 Å². The molecule has 0 spiro atoms. The fourth-order valence-electron chi connectivity index (χ4n) is 2.41. The molecule has 1 aliphatic rings. The molecule has 3 rings (SSSR count). The lowest BCUT2D eigenvalue weighted by molar-refractivity contribution is -0.142. The summed E-state index contributed by atoms with van der Waals surface area (Å²) in [4.78, 5) is 35.0. The zero-order valence-corrected chi connectivity index (χ0v) is 15.0. The zero-order chi connectivity index (χ0) is 21.2. The third-order valence-corrected chi connectivity index (χ3v) is 3.89. The van der Waals surface area contributed by atoms with E-state index in [-0.39, 0.29) is 22.9 Å². The minimum atomic E-state index is -4.99. The van der Waals surface area contributed by atoms with Crippen LogP contribution in [0.5, 0.6) is 11.5 Å². The van der Waals surface area contributed by atoms with Gasteiger partial charge in [0.1, 0.15) is 11.8 Å². The van der Waals surface area contributed by atoms with Gasteiger partial charge in [-0.2, -0.15) is 18.4 Å². The average Bonchev–Trinajstić information content (AvgIpc) is 2.65. The van der Waals surface area contributed by atoms with Crippen LogP contribution in [0.1, 0.15) is 11.3 Å². The van der Waals surface area contributed by atoms with Crippen molar-refractivity contribution in [2.45, 2.75) is 18.8 Å². The molecule has 1 aliphatic heterocycles. The molecule has 0 fully saturated rings. The minimum Gasteiger partial charge on any atom is -0.449 e. The van der Waals surface area contributed by atoms with Gasteiger partial charge in [0.2, 0.25) is 5.75 Å². The number of hydrogen-bond donors (Lipinski definition) is 0. The predicted octanol–water partition coefficient (Wildman–Crippen LogP) is 2.63. The van der Waals surface area contributed by atoms with Crippen molar-refractivity contribution in [3.05, 3.63) is 51.2 Å². The van der Waals surface area contributed by atoms with Crippen LogP contribution in [0.15, 0.2) is 39.3 Å². The molecule has 0 bridgehead atoms. The number of aromatic nitrogens is 2. The van der Waals surface area contributed by atoms with Crippen LogP contribution < -0.4 is 10.3 Å². The fraction of sp³-hybridized carbons (Fsp3) is 0.176. The molecular formula is C17H9ClF3N5O3. The van der Waals surface area contributed by atoms with E-state index in [1.807, 2.05) is 0 Å². The van der Waals surface area contributed by atoms with E-state index in [2.05, 4.69) is 15.0 Å². The number of amides is 1. The number of hydrogen-bond acceptors (Lipinski definition) is 6. The van der Waals surface area contributed by atoms with Gasteiger partial charge in [0.05, 0.1) is 24.5 Å². The molecule has 1 aromatic carbocycles. The van der Waals surface area contributed by atoms with Crippen LogP contribution >= 0.6 is 11.6 Å². The minimum absolute atomic E-state index is 0.0188. The Morgan fingerprint density at radius 3 is 2.66 bits per heavy atom. The Labute approximate surface area is 165 Å². The molecule has 0 radical (unpaired) electrons. The standard InChI is InChI=1S/C17H9ClF3N5O3/c18-10-3-9(6-22)4-11(5-10)29-13-14(17(19,20)21)25-8-26(16(13)28)7-12-15(27)24-2-1-23-12/h1-5,8,12H,7H2.